The van der Waals surface area contributed by atoms with E-state index in [2.05, 4.69) is 42.8 Å². The Morgan fingerprint density at radius 2 is 0.740 bits per heavy atom. The molecular formula is C56H56F10O7. The molecule has 0 aliphatic heterocycles. The van der Waals surface area contributed by atoms with E-state index in [0.717, 1.165) is 39.8 Å². The molecule has 6 rings (SSSR count). The van der Waals surface area contributed by atoms with Crippen molar-refractivity contribution in [1.82, 2.24) is 0 Å². The van der Waals surface area contributed by atoms with Gasteiger partial charge >= 0.3 is 29.6 Å². The Labute approximate surface area is 417 Å². The number of Topliss-reactive ketones (excluding diaryl/α,β-unsaturated/α-hetero) is 4. The number of ketones is 4. The van der Waals surface area contributed by atoms with Crippen molar-refractivity contribution in [3.8, 4) is 22.6 Å². The van der Waals surface area contributed by atoms with E-state index in [0.29, 0.717) is 29.4 Å². The first-order valence-corrected chi connectivity index (χ1v) is 22.3. The average Bonchev–Trinajstić information content (AvgIpc) is 3.35. The van der Waals surface area contributed by atoms with Crippen LogP contribution in [0.3, 0.4) is 0 Å². The lowest BCUT2D eigenvalue weighted by Gasteiger charge is -2.38. The normalized spacial score (nSPS) is 11.9. The van der Waals surface area contributed by atoms with Gasteiger partial charge in [-0.25, -0.2) is 0 Å². The van der Waals surface area contributed by atoms with Gasteiger partial charge in [0.25, 0.3) is 0 Å². The fraction of sp³-hybridized carbons (Fsp3) is 0.321. The van der Waals surface area contributed by atoms with E-state index in [4.69, 9.17) is 9.47 Å². The maximum Gasteiger partial charge on any atom is 0.384 e. The number of alkyl halides is 10. The number of fused-ring (bicyclic) bond motifs is 1. The van der Waals surface area contributed by atoms with Gasteiger partial charge in [-0.05, 0) is 104 Å². The smallest absolute Gasteiger partial charge is 0.384 e. The number of carbonyl (C=O) groups excluding carboxylic acids is 4. The molecule has 0 fully saturated rings. The van der Waals surface area contributed by atoms with E-state index in [-0.39, 0.29) is 28.5 Å². The Bertz CT molecular complexity index is 2650. The van der Waals surface area contributed by atoms with Crippen LogP contribution in [0.2, 0.25) is 0 Å². The third kappa shape index (κ3) is 14.4. The van der Waals surface area contributed by atoms with Gasteiger partial charge in [0.05, 0.1) is 14.2 Å². The molecule has 0 amide bonds. The van der Waals surface area contributed by atoms with Crippen LogP contribution in [0.4, 0.5) is 43.9 Å². The minimum absolute atomic E-state index is 0.00145. The van der Waals surface area contributed by atoms with Crippen molar-refractivity contribution in [3.63, 3.8) is 0 Å². The molecule has 0 aromatic heterocycles. The van der Waals surface area contributed by atoms with Crippen LogP contribution in [-0.2, 0) is 10.2 Å². The summed E-state index contributed by atoms with van der Waals surface area (Å²) in [6, 6.07) is 42.6. The number of benzene rings is 6. The van der Waals surface area contributed by atoms with E-state index in [9.17, 15) is 63.1 Å². The summed E-state index contributed by atoms with van der Waals surface area (Å²) in [7, 11) is 3.80. The molecule has 0 aliphatic carbocycles. The highest BCUT2D eigenvalue weighted by molar-refractivity contribution is 6.02. The largest absolute Gasteiger partial charge is 0.497 e. The van der Waals surface area contributed by atoms with E-state index >= 15 is 0 Å². The van der Waals surface area contributed by atoms with Gasteiger partial charge in [0.15, 0.2) is 23.1 Å². The van der Waals surface area contributed by atoms with Gasteiger partial charge < -0.3 is 14.2 Å². The van der Waals surface area contributed by atoms with Crippen molar-refractivity contribution >= 4 is 33.9 Å². The van der Waals surface area contributed by atoms with Crippen LogP contribution in [0, 0.1) is 0 Å². The quantitative estimate of drug-likeness (QED) is 0.0704. The second-order valence-electron chi connectivity index (χ2n) is 17.0. The van der Waals surface area contributed by atoms with Crippen molar-refractivity contribution in [2.24, 2.45) is 0 Å². The molecule has 73 heavy (non-hydrogen) atoms. The maximum absolute atomic E-state index is 12.8. The number of rotatable bonds is 16. The third-order valence-corrected chi connectivity index (χ3v) is 11.9. The summed E-state index contributed by atoms with van der Waals surface area (Å²) in [5.41, 5.74) is 7.48. The zero-order valence-corrected chi connectivity index (χ0v) is 41.8. The molecule has 0 saturated heterocycles. The maximum atomic E-state index is 12.8. The number of carbonyl (C=O) groups is 4. The first kappa shape index (κ1) is 60.4. The lowest BCUT2D eigenvalue weighted by molar-refractivity contribution is -0.401. The molecule has 7 nitrogen and oxygen atoms in total. The van der Waals surface area contributed by atoms with Gasteiger partial charge in [-0.2, -0.15) is 43.9 Å². The Hall–Kier alpha value is -6.88. The monoisotopic (exact) mass is 1030 g/mol. The first-order chi connectivity index (χ1) is 33.8. The zero-order chi connectivity index (χ0) is 55.3. The number of methoxy groups -OCH3 is 3. The summed E-state index contributed by atoms with van der Waals surface area (Å²) < 4.78 is 140. The Morgan fingerprint density at radius 3 is 1.00 bits per heavy atom. The van der Waals surface area contributed by atoms with Crippen LogP contribution in [0.25, 0.3) is 21.9 Å². The SMILES string of the molecule is CC(=O)c1ccc(-c2ccc(C(C)=O)cc2)cc1.CC(=O)c1ccc2cc(C(C)=O)ccc2c1.CCC(C)(c1ccc(OC)cc1)c1ccc(OC)cc1.COCC(F)(F)C(F)(F)C(F)(F)C(F)(F)C(C)(F)F. The lowest BCUT2D eigenvalue weighted by atomic mass is 9.74. The number of hydrogen-bond acceptors (Lipinski definition) is 7. The molecule has 6 aromatic carbocycles. The molecule has 17 heteroatoms. The van der Waals surface area contributed by atoms with Crippen molar-refractivity contribution in [3.05, 3.63) is 167 Å². The summed E-state index contributed by atoms with van der Waals surface area (Å²) in [5, 5.41) is 1.97. The van der Waals surface area contributed by atoms with Crippen LogP contribution in [0.1, 0.15) is 107 Å². The number of hydrogen-bond donors (Lipinski definition) is 0. The lowest BCUT2D eigenvalue weighted by Crippen LogP contribution is -2.67. The van der Waals surface area contributed by atoms with Gasteiger partial charge in [-0.1, -0.05) is 111 Å². The molecule has 0 unspecified atom stereocenters. The highest BCUT2D eigenvalue weighted by Gasteiger charge is 2.85. The van der Waals surface area contributed by atoms with E-state index < -0.39 is 43.1 Å². The first-order valence-electron chi connectivity index (χ1n) is 22.3. The Morgan fingerprint density at radius 1 is 0.425 bits per heavy atom. The predicted molar refractivity (Wildman–Crippen MR) is 261 cm³/mol. The van der Waals surface area contributed by atoms with Gasteiger partial charge in [0.1, 0.15) is 18.1 Å². The van der Waals surface area contributed by atoms with Crippen molar-refractivity contribution in [1.29, 1.82) is 0 Å². The number of halogens is 10. The van der Waals surface area contributed by atoms with Crippen LogP contribution < -0.4 is 9.47 Å². The average molecular weight is 1030 g/mol. The van der Waals surface area contributed by atoms with Gasteiger partial charge in [-0.3, -0.25) is 19.2 Å². The van der Waals surface area contributed by atoms with Gasteiger partial charge in [0.2, 0.25) is 0 Å². The highest BCUT2D eigenvalue weighted by Crippen LogP contribution is 2.56. The second-order valence-corrected chi connectivity index (χ2v) is 17.0. The van der Waals surface area contributed by atoms with Crippen LogP contribution >= 0.6 is 0 Å². The topological polar surface area (TPSA) is 96.0 Å². The van der Waals surface area contributed by atoms with E-state index in [1.165, 1.54) is 11.1 Å². The van der Waals surface area contributed by atoms with Crippen molar-refractivity contribution in [2.45, 2.75) is 89.9 Å². The van der Waals surface area contributed by atoms with Crippen molar-refractivity contribution in [2.75, 3.05) is 27.9 Å². The highest BCUT2D eigenvalue weighted by atomic mass is 19.4. The summed E-state index contributed by atoms with van der Waals surface area (Å²) in [6.07, 6.45) is 1.03. The molecule has 0 radical (unpaired) electrons. The molecule has 0 heterocycles. The molecular weight excluding hydrogens is 975 g/mol. The molecule has 392 valence electrons. The standard InChI is InChI=1S/C18H22O2.C16H14O2.C14H12O2.C8H8F10O/c1-5-18(2,14-6-10-16(19-3)11-7-14)15-8-12-17(20-4)13-9-15;1-11(17)13-3-7-15(8-4-13)16-9-5-14(6-10-16)12(2)18;1-9(15)11-3-5-14-8-12(10(2)16)4-6-13(14)7-11;1-4(9,10)6(13,14)8(17,18)7(15,16)5(11,12)3-19-2/h6-13H,5H2,1-4H3;3-10H,1-2H3;3-8H,1-2H3;3H2,1-2H3. The molecule has 0 saturated carbocycles. The minimum atomic E-state index is -6.99. The van der Waals surface area contributed by atoms with Crippen molar-refractivity contribution < 1.29 is 77.3 Å². The predicted octanol–water partition coefficient (Wildman–Crippen LogP) is 15.3. The molecule has 0 spiro atoms. The summed E-state index contributed by atoms with van der Waals surface area (Å²) in [6.45, 7) is 7.56. The second kappa shape index (κ2) is 24.7. The molecule has 0 bridgehead atoms. The van der Waals surface area contributed by atoms with Gasteiger partial charge in [-0.15, -0.1) is 0 Å². The molecule has 6 aromatic rings. The number of ether oxygens (including phenoxy) is 3. The summed E-state index contributed by atoms with van der Waals surface area (Å²) in [5.74, 6) is -29.8. The minimum Gasteiger partial charge on any atom is -0.497 e. The van der Waals surface area contributed by atoms with E-state index in [1.54, 1.807) is 54.0 Å². The molecule has 0 aliphatic rings. The molecule has 0 N–H and O–H groups in total. The zero-order valence-electron chi connectivity index (χ0n) is 41.8. The van der Waals surface area contributed by atoms with Crippen LogP contribution in [0.5, 0.6) is 11.5 Å². The summed E-state index contributed by atoms with van der Waals surface area (Å²) in [4.78, 5) is 44.8. The van der Waals surface area contributed by atoms with Gasteiger partial charge in [0, 0.05) is 41.7 Å². The Kier molecular flexibility index (Phi) is 20.4. The molecule has 0 atom stereocenters. The van der Waals surface area contributed by atoms with Crippen LogP contribution in [-0.4, -0.2) is 80.7 Å². The summed E-state index contributed by atoms with van der Waals surface area (Å²) >= 11 is 0. The van der Waals surface area contributed by atoms with E-state index in [1.807, 2.05) is 97.1 Å². The fourth-order valence-electron chi connectivity index (χ4n) is 6.95. The Balaban J connectivity index is 0.000000257. The fourth-order valence-corrected chi connectivity index (χ4v) is 6.95. The third-order valence-electron chi connectivity index (χ3n) is 11.9. The van der Waals surface area contributed by atoms with Crippen LogP contribution in [0.15, 0.2) is 133 Å².